The quantitative estimate of drug-likeness (QED) is 0.612. The Hall–Kier alpha value is -0.460. The lowest BCUT2D eigenvalue weighted by molar-refractivity contribution is 0.329. The average Bonchev–Trinajstić information content (AvgIpc) is 2.57. The minimum atomic E-state index is 0.392. The van der Waals surface area contributed by atoms with Crippen molar-refractivity contribution < 1.29 is 5.11 Å². The van der Waals surface area contributed by atoms with Gasteiger partial charge in [-0.15, -0.1) is 0 Å². The second-order valence-electron chi connectivity index (χ2n) is 4.44. The van der Waals surface area contributed by atoms with E-state index in [1.807, 2.05) is 0 Å². The smallest absolute Gasteiger partial charge is 0.0919 e. The van der Waals surface area contributed by atoms with E-state index in [1.54, 1.807) is 0 Å². The number of rotatable bonds is 1. The van der Waals surface area contributed by atoms with Crippen LogP contribution in [0.5, 0.6) is 0 Å². The lowest BCUT2D eigenvalue weighted by Gasteiger charge is -2.12. The largest absolute Gasteiger partial charge is 0.512 e. The van der Waals surface area contributed by atoms with Crippen molar-refractivity contribution in [1.29, 1.82) is 0 Å². The number of allylic oxidation sites excluding steroid dienone is 2. The molecule has 1 nitrogen and oxygen atoms in total. The van der Waals surface area contributed by atoms with Crippen LogP contribution in [0.15, 0.2) is 11.8 Å². The molecule has 2 aliphatic rings. The van der Waals surface area contributed by atoms with Gasteiger partial charge in [-0.1, -0.05) is 20.8 Å². The third kappa shape index (κ3) is 0.715. The maximum absolute atomic E-state index is 9.47. The van der Waals surface area contributed by atoms with Crippen molar-refractivity contribution in [2.24, 2.45) is 23.2 Å². The zero-order valence-electron chi connectivity index (χ0n) is 7.46. The van der Waals surface area contributed by atoms with Crippen LogP contribution in [0.2, 0.25) is 0 Å². The van der Waals surface area contributed by atoms with Crippen molar-refractivity contribution in [3.05, 3.63) is 11.8 Å². The van der Waals surface area contributed by atoms with Gasteiger partial charge in [-0.25, -0.2) is 0 Å². The van der Waals surface area contributed by atoms with Crippen LogP contribution in [0.25, 0.3) is 0 Å². The molecule has 0 heterocycles. The Labute approximate surface area is 68.1 Å². The highest BCUT2D eigenvalue weighted by Gasteiger charge is 2.61. The van der Waals surface area contributed by atoms with Crippen LogP contribution in [0.3, 0.4) is 0 Å². The second-order valence-corrected chi connectivity index (χ2v) is 4.44. The predicted octanol–water partition coefficient (Wildman–Crippen LogP) is 2.74. The van der Waals surface area contributed by atoms with Gasteiger partial charge in [0.2, 0.25) is 0 Å². The van der Waals surface area contributed by atoms with E-state index in [0.717, 1.165) is 5.92 Å². The van der Waals surface area contributed by atoms with Crippen molar-refractivity contribution in [2.45, 2.75) is 27.2 Å². The van der Waals surface area contributed by atoms with Gasteiger partial charge in [-0.05, 0) is 29.7 Å². The molecule has 0 aromatic heterocycles. The summed E-state index contributed by atoms with van der Waals surface area (Å²) in [5, 5.41) is 9.47. The molecule has 2 aliphatic carbocycles. The van der Waals surface area contributed by atoms with E-state index in [-0.39, 0.29) is 0 Å². The van der Waals surface area contributed by atoms with Crippen LogP contribution in [0.1, 0.15) is 27.2 Å². The van der Waals surface area contributed by atoms with Crippen LogP contribution in [0, 0.1) is 23.2 Å². The van der Waals surface area contributed by atoms with E-state index < -0.39 is 0 Å². The summed E-state index contributed by atoms with van der Waals surface area (Å²) in [7, 11) is 0. The Balaban J connectivity index is 2.25. The molecule has 0 amide bonds. The first-order valence-electron chi connectivity index (χ1n) is 4.49. The predicted molar refractivity (Wildman–Crippen MR) is 45.3 cm³/mol. The van der Waals surface area contributed by atoms with Gasteiger partial charge in [0.05, 0.1) is 5.76 Å². The Bertz CT molecular complexity index is 217. The van der Waals surface area contributed by atoms with E-state index in [0.29, 0.717) is 23.0 Å². The highest BCUT2D eigenvalue weighted by molar-refractivity contribution is 5.28. The fourth-order valence-corrected chi connectivity index (χ4v) is 2.57. The van der Waals surface area contributed by atoms with Gasteiger partial charge in [0.1, 0.15) is 0 Å². The van der Waals surface area contributed by atoms with Gasteiger partial charge in [-0.3, -0.25) is 0 Å². The monoisotopic (exact) mass is 152 g/mol. The number of aliphatic hydroxyl groups excluding tert-OH is 1. The molecule has 1 fully saturated rings. The van der Waals surface area contributed by atoms with Crippen LogP contribution >= 0.6 is 0 Å². The summed E-state index contributed by atoms with van der Waals surface area (Å²) in [5.74, 6) is 2.51. The molecule has 0 aromatic carbocycles. The molecule has 0 aliphatic heterocycles. The van der Waals surface area contributed by atoms with Crippen molar-refractivity contribution in [2.75, 3.05) is 0 Å². The summed E-state index contributed by atoms with van der Waals surface area (Å²) >= 11 is 0. The van der Waals surface area contributed by atoms with Crippen LogP contribution in [-0.2, 0) is 0 Å². The minimum absolute atomic E-state index is 0.392. The van der Waals surface area contributed by atoms with Gasteiger partial charge in [0.15, 0.2) is 0 Å². The summed E-state index contributed by atoms with van der Waals surface area (Å²) in [6.45, 7) is 6.64. The first kappa shape index (κ1) is 7.20. The molecule has 0 radical (unpaired) electrons. The number of aliphatic hydroxyl groups is 1. The Morgan fingerprint density at radius 1 is 1.64 bits per heavy atom. The Morgan fingerprint density at radius 2 is 2.27 bits per heavy atom. The van der Waals surface area contributed by atoms with Gasteiger partial charge in [-0.2, -0.15) is 0 Å². The molecular formula is C10H16O. The van der Waals surface area contributed by atoms with Crippen LogP contribution in [-0.4, -0.2) is 5.11 Å². The standard InChI is InChI=1S/C10H16O/c1-6(2)10-4-8(10)7(3)9(11)5-10/h5-8,11H,4H2,1-3H3. The summed E-state index contributed by atoms with van der Waals surface area (Å²) < 4.78 is 0. The number of hydrogen-bond donors (Lipinski definition) is 1. The fraction of sp³-hybridized carbons (Fsp3) is 0.800. The SMILES string of the molecule is CC1C(O)=CC2(C(C)C)CC12. The highest BCUT2D eigenvalue weighted by Crippen LogP contribution is 2.67. The van der Waals surface area contributed by atoms with Crippen LogP contribution < -0.4 is 0 Å². The molecule has 1 heteroatoms. The molecule has 1 saturated carbocycles. The van der Waals surface area contributed by atoms with Crippen molar-refractivity contribution in [1.82, 2.24) is 0 Å². The maximum Gasteiger partial charge on any atom is 0.0919 e. The minimum Gasteiger partial charge on any atom is -0.512 e. The molecule has 1 N–H and O–H groups in total. The normalized spacial score (nSPS) is 47.5. The van der Waals surface area contributed by atoms with Gasteiger partial charge in [0.25, 0.3) is 0 Å². The molecule has 11 heavy (non-hydrogen) atoms. The van der Waals surface area contributed by atoms with Gasteiger partial charge in [0, 0.05) is 5.92 Å². The van der Waals surface area contributed by atoms with E-state index in [1.165, 1.54) is 6.42 Å². The lowest BCUT2D eigenvalue weighted by atomic mass is 9.91. The molecule has 3 unspecified atom stereocenters. The van der Waals surface area contributed by atoms with Gasteiger partial charge >= 0.3 is 0 Å². The molecule has 0 saturated heterocycles. The molecule has 0 aromatic rings. The van der Waals surface area contributed by atoms with E-state index in [9.17, 15) is 5.11 Å². The van der Waals surface area contributed by atoms with Crippen molar-refractivity contribution in [3.8, 4) is 0 Å². The van der Waals surface area contributed by atoms with E-state index >= 15 is 0 Å². The Kier molecular flexibility index (Phi) is 1.19. The number of hydrogen-bond acceptors (Lipinski definition) is 1. The van der Waals surface area contributed by atoms with Crippen LogP contribution in [0.4, 0.5) is 0 Å². The lowest BCUT2D eigenvalue weighted by Crippen LogP contribution is -2.07. The van der Waals surface area contributed by atoms with E-state index in [2.05, 4.69) is 26.8 Å². The first-order chi connectivity index (χ1) is 5.08. The third-order valence-corrected chi connectivity index (χ3v) is 3.67. The van der Waals surface area contributed by atoms with E-state index in [4.69, 9.17) is 0 Å². The molecule has 0 bridgehead atoms. The maximum atomic E-state index is 9.47. The summed E-state index contributed by atoms with van der Waals surface area (Å²) in [6, 6.07) is 0. The topological polar surface area (TPSA) is 20.2 Å². The first-order valence-corrected chi connectivity index (χ1v) is 4.49. The summed E-state index contributed by atoms with van der Waals surface area (Å²) in [4.78, 5) is 0. The highest BCUT2D eigenvalue weighted by atomic mass is 16.3. The third-order valence-electron chi connectivity index (χ3n) is 3.67. The average molecular weight is 152 g/mol. The zero-order chi connectivity index (χ0) is 8.22. The molecule has 3 atom stereocenters. The summed E-state index contributed by atoms with van der Waals surface area (Å²) in [6.07, 6.45) is 3.41. The molecule has 62 valence electrons. The Morgan fingerprint density at radius 3 is 2.55 bits per heavy atom. The summed E-state index contributed by atoms with van der Waals surface area (Å²) in [5.41, 5.74) is 0.392. The molecule has 0 spiro atoms. The number of fused-ring (bicyclic) bond motifs is 1. The second kappa shape index (κ2) is 1.82. The van der Waals surface area contributed by atoms with Gasteiger partial charge < -0.3 is 5.11 Å². The van der Waals surface area contributed by atoms with Crippen molar-refractivity contribution in [3.63, 3.8) is 0 Å². The molecule has 2 rings (SSSR count). The van der Waals surface area contributed by atoms with Crippen molar-refractivity contribution >= 4 is 0 Å². The zero-order valence-corrected chi connectivity index (χ0v) is 7.46. The molecular weight excluding hydrogens is 136 g/mol. The fourth-order valence-electron chi connectivity index (χ4n) is 2.57.